The Morgan fingerprint density at radius 1 is 0.967 bits per heavy atom. The zero-order chi connectivity index (χ0) is 21.9. The molecule has 0 aliphatic carbocycles. The van der Waals surface area contributed by atoms with Gasteiger partial charge in [-0.3, -0.25) is 9.59 Å². The average Bonchev–Trinajstić information content (AvgIpc) is 2.78. The fraction of sp³-hybridized carbons (Fsp3) is 0.417. The van der Waals surface area contributed by atoms with Crippen LogP contribution in [0.1, 0.15) is 39.2 Å². The first-order valence-electron chi connectivity index (χ1n) is 10.4. The van der Waals surface area contributed by atoms with Gasteiger partial charge in [0, 0.05) is 12.6 Å². The molecule has 0 aliphatic heterocycles. The number of rotatable bonds is 11. The molecule has 0 aromatic heterocycles. The monoisotopic (exact) mass is 412 g/mol. The van der Waals surface area contributed by atoms with Crippen molar-refractivity contribution in [3.63, 3.8) is 0 Å². The SMILES string of the molecule is CC[C@@H](C)NC(=O)[C@@H](CC)N(Cc1ccc(OC)cc1)C(=O)COc1ccccc1. The van der Waals surface area contributed by atoms with Crippen molar-refractivity contribution in [2.24, 2.45) is 0 Å². The Hall–Kier alpha value is -3.02. The van der Waals surface area contributed by atoms with E-state index in [0.717, 1.165) is 17.7 Å². The molecule has 0 saturated carbocycles. The summed E-state index contributed by atoms with van der Waals surface area (Å²) in [4.78, 5) is 27.6. The highest BCUT2D eigenvalue weighted by Gasteiger charge is 2.29. The zero-order valence-electron chi connectivity index (χ0n) is 18.3. The molecule has 6 heteroatoms. The maximum Gasteiger partial charge on any atom is 0.261 e. The summed E-state index contributed by atoms with van der Waals surface area (Å²) in [7, 11) is 1.61. The Labute approximate surface area is 179 Å². The van der Waals surface area contributed by atoms with Crippen LogP contribution in [0, 0.1) is 0 Å². The number of para-hydroxylation sites is 1. The van der Waals surface area contributed by atoms with Crippen molar-refractivity contribution in [3.05, 3.63) is 60.2 Å². The molecule has 2 rings (SSSR count). The number of ether oxygens (including phenoxy) is 2. The van der Waals surface area contributed by atoms with E-state index in [-0.39, 0.29) is 24.5 Å². The van der Waals surface area contributed by atoms with E-state index in [9.17, 15) is 9.59 Å². The number of hydrogen-bond acceptors (Lipinski definition) is 4. The molecule has 0 saturated heterocycles. The maximum atomic E-state index is 13.1. The van der Waals surface area contributed by atoms with Gasteiger partial charge in [0.25, 0.3) is 5.91 Å². The summed E-state index contributed by atoms with van der Waals surface area (Å²) < 4.78 is 10.9. The number of nitrogens with one attached hydrogen (secondary N) is 1. The molecule has 0 fully saturated rings. The molecule has 0 radical (unpaired) electrons. The molecule has 1 N–H and O–H groups in total. The zero-order valence-corrected chi connectivity index (χ0v) is 18.3. The minimum Gasteiger partial charge on any atom is -0.497 e. The van der Waals surface area contributed by atoms with E-state index >= 15 is 0 Å². The van der Waals surface area contributed by atoms with Gasteiger partial charge in [-0.2, -0.15) is 0 Å². The molecular formula is C24H32N2O4. The van der Waals surface area contributed by atoms with Gasteiger partial charge in [0.2, 0.25) is 5.91 Å². The van der Waals surface area contributed by atoms with Gasteiger partial charge in [-0.1, -0.05) is 44.2 Å². The van der Waals surface area contributed by atoms with E-state index in [1.54, 1.807) is 24.1 Å². The van der Waals surface area contributed by atoms with Crippen LogP contribution < -0.4 is 14.8 Å². The molecule has 0 aliphatic rings. The van der Waals surface area contributed by atoms with E-state index in [0.29, 0.717) is 18.7 Å². The molecule has 0 heterocycles. The summed E-state index contributed by atoms with van der Waals surface area (Å²) in [6.45, 7) is 6.06. The van der Waals surface area contributed by atoms with Crippen LogP contribution in [0.15, 0.2) is 54.6 Å². The molecule has 0 bridgehead atoms. The minimum atomic E-state index is -0.576. The van der Waals surface area contributed by atoms with Crippen molar-refractivity contribution in [2.75, 3.05) is 13.7 Å². The number of amides is 2. The molecule has 2 atom stereocenters. The molecule has 0 spiro atoms. The summed E-state index contributed by atoms with van der Waals surface area (Å²) in [6.07, 6.45) is 1.33. The topological polar surface area (TPSA) is 67.9 Å². The van der Waals surface area contributed by atoms with E-state index in [1.165, 1.54) is 0 Å². The highest BCUT2D eigenvalue weighted by Crippen LogP contribution is 2.17. The van der Waals surface area contributed by atoms with Crippen molar-refractivity contribution >= 4 is 11.8 Å². The Bertz CT molecular complexity index is 793. The molecule has 0 unspecified atom stereocenters. The van der Waals surface area contributed by atoms with Gasteiger partial charge in [0.05, 0.1) is 7.11 Å². The van der Waals surface area contributed by atoms with Crippen molar-refractivity contribution in [1.29, 1.82) is 0 Å². The van der Waals surface area contributed by atoms with E-state index in [2.05, 4.69) is 5.32 Å². The van der Waals surface area contributed by atoms with Crippen molar-refractivity contribution in [3.8, 4) is 11.5 Å². The lowest BCUT2D eigenvalue weighted by molar-refractivity contribution is -0.143. The minimum absolute atomic E-state index is 0.0463. The lowest BCUT2D eigenvalue weighted by atomic mass is 10.1. The largest absolute Gasteiger partial charge is 0.497 e. The van der Waals surface area contributed by atoms with Gasteiger partial charge in [-0.15, -0.1) is 0 Å². The number of methoxy groups -OCH3 is 1. The fourth-order valence-electron chi connectivity index (χ4n) is 3.03. The average molecular weight is 413 g/mol. The lowest BCUT2D eigenvalue weighted by Crippen LogP contribution is -2.51. The molecule has 2 aromatic carbocycles. The Kier molecular flexibility index (Phi) is 9.19. The molecule has 6 nitrogen and oxygen atoms in total. The molecule has 2 aromatic rings. The van der Waals surface area contributed by atoms with Gasteiger partial charge in [0.15, 0.2) is 6.61 Å². The van der Waals surface area contributed by atoms with Gasteiger partial charge in [0.1, 0.15) is 17.5 Å². The maximum absolute atomic E-state index is 13.1. The van der Waals surface area contributed by atoms with Gasteiger partial charge in [-0.25, -0.2) is 0 Å². The quantitative estimate of drug-likeness (QED) is 0.610. The van der Waals surface area contributed by atoms with Crippen LogP contribution in [0.5, 0.6) is 11.5 Å². The fourth-order valence-corrected chi connectivity index (χ4v) is 3.03. The number of nitrogens with zero attached hydrogens (tertiary/aromatic N) is 1. The first-order valence-corrected chi connectivity index (χ1v) is 10.4. The van der Waals surface area contributed by atoms with Crippen LogP contribution in [0.3, 0.4) is 0 Å². The van der Waals surface area contributed by atoms with Crippen LogP contribution in [0.2, 0.25) is 0 Å². The normalized spacial score (nSPS) is 12.5. The van der Waals surface area contributed by atoms with Crippen molar-refractivity contribution < 1.29 is 19.1 Å². The van der Waals surface area contributed by atoms with Gasteiger partial charge < -0.3 is 19.7 Å². The third kappa shape index (κ3) is 6.79. The third-order valence-electron chi connectivity index (χ3n) is 5.00. The number of carbonyl (C=O) groups excluding carboxylic acids is 2. The standard InChI is InChI=1S/C24H32N2O4/c1-5-18(3)25-24(28)22(6-2)26(16-19-12-14-20(29-4)15-13-19)23(27)17-30-21-10-8-7-9-11-21/h7-15,18,22H,5-6,16-17H2,1-4H3,(H,25,28)/t18-,22-/m1/s1. The molecular weight excluding hydrogens is 380 g/mol. The first kappa shape index (κ1) is 23.3. The predicted octanol–water partition coefficient (Wildman–Crippen LogP) is 3.80. The second-order valence-corrected chi connectivity index (χ2v) is 7.21. The Morgan fingerprint density at radius 3 is 2.20 bits per heavy atom. The van der Waals surface area contributed by atoms with Crippen LogP contribution >= 0.6 is 0 Å². The Balaban J connectivity index is 2.19. The number of carbonyl (C=O) groups is 2. The second-order valence-electron chi connectivity index (χ2n) is 7.21. The van der Waals surface area contributed by atoms with E-state index in [4.69, 9.17) is 9.47 Å². The first-order chi connectivity index (χ1) is 14.5. The summed E-state index contributed by atoms with van der Waals surface area (Å²) >= 11 is 0. The lowest BCUT2D eigenvalue weighted by Gasteiger charge is -2.31. The van der Waals surface area contributed by atoms with Crippen LogP contribution in [0.25, 0.3) is 0 Å². The summed E-state index contributed by atoms with van der Waals surface area (Å²) in [5, 5.41) is 3.00. The molecule has 30 heavy (non-hydrogen) atoms. The van der Waals surface area contributed by atoms with Crippen molar-refractivity contribution in [1.82, 2.24) is 10.2 Å². The summed E-state index contributed by atoms with van der Waals surface area (Å²) in [5.41, 5.74) is 0.915. The number of hydrogen-bond donors (Lipinski definition) is 1. The van der Waals surface area contributed by atoms with Gasteiger partial charge in [-0.05, 0) is 49.6 Å². The summed E-state index contributed by atoms with van der Waals surface area (Å²) in [6, 6.07) is 16.1. The van der Waals surface area contributed by atoms with Crippen LogP contribution in [0.4, 0.5) is 0 Å². The van der Waals surface area contributed by atoms with Crippen molar-refractivity contribution in [2.45, 2.75) is 52.2 Å². The number of benzene rings is 2. The smallest absolute Gasteiger partial charge is 0.261 e. The van der Waals surface area contributed by atoms with Gasteiger partial charge >= 0.3 is 0 Å². The molecule has 162 valence electrons. The van der Waals surface area contributed by atoms with E-state index < -0.39 is 6.04 Å². The molecule has 2 amide bonds. The predicted molar refractivity (Wildman–Crippen MR) is 117 cm³/mol. The Morgan fingerprint density at radius 2 is 1.63 bits per heavy atom. The van der Waals surface area contributed by atoms with E-state index in [1.807, 2.05) is 63.2 Å². The summed E-state index contributed by atoms with van der Waals surface area (Å²) in [5.74, 6) is 0.979. The second kappa shape index (κ2) is 11.9. The highest BCUT2D eigenvalue weighted by molar-refractivity contribution is 5.88. The van der Waals surface area contributed by atoms with Crippen LogP contribution in [-0.4, -0.2) is 42.5 Å². The highest BCUT2D eigenvalue weighted by atomic mass is 16.5. The third-order valence-corrected chi connectivity index (χ3v) is 5.00. The van der Waals surface area contributed by atoms with Crippen LogP contribution in [-0.2, 0) is 16.1 Å².